The van der Waals surface area contributed by atoms with Crippen LogP contribution in [0.4, 0.5) is 4.39 Å². The van der Waals surface area contributed by atoms with Gasteiger partial charge in [-0.1, -0.05) is 30.5 Å². The summed E-state index contributed by atoms with van der Waals surface area (Å²) in [5.74, 6) is 0.0655. The minimum Gasteiger partial charge on any atom is -0.384 e. The summed E-state index contributed by atoms with van der Waals surface area (Å²) in [5, 5.41) is 11.0. The number of hydrogen-bond donors (Lipinski definition) is 1. The van der Waals surface area contributed by atoms with Crippen molar-refractivity contribution in [1.82, 2.24) is 0 Å². The maximum Gasteiger partial charge on any atom is 0.130 e. The van der Waals surface area contributed by atoms with Gasteiger partial charge in [0.05, 0.1) is 0 Å². The number of aliphatic hydroxyl groups is 1. The van der Waals surface area contributed by atoms with Crippen LogP contribution in [0.25, 0.3) is 0 Å². The molecule has 3 heteroatoms. The van der Waals surface area contributed by atoms with Crippen molar-refractivity contribution >= 4 is 11.6 Å². The Hall–Kier alpha value is -0.600. The largest absolute Gasteiger partial charge is 0.384 e. The summed E-state index contributed by atoms with van der Waals surface area (Å²) in [7, 11) is 0. The zero-order valence-electron chi connectivity index (χ0n) is 8.92. The predicted molar refractivity (Wildman–Crippen MR) is 60.8 cm³/mol. The molecular weight excluding hydrogens is 227 g/mol. The number of rotatable bonds is 1. The first-order valence-electron chi connectivity index (χ1n) is 5.82. The van der Waals surface area contributed by atoms with Crippen molar-refractivity contribution in [2.75, 3.05) is 0 Å². The molecule has 2 aliphatic carbocycles. The van der Waals surface area contributed by atoms with E-state index in [1.165, 1.54) is 6.07 Å². The van der Waals surface area contributed by atoms with Gasteiger partial charge in [-0.3, -0.25) is 0 Å². The van der Waals surface area contributed by atoms with Gasteiger partial charge in [-0.25, -0.2) is 4.39 Å². The monoisotopic (exact) mass is 240 g/mol. The molecule has 0 aliphatic heterocycles. The lowest BCUT2D eigenvalue weighted by molar-refractivity contribution is 0.114. The van der Waals surface area contributed by atoms with Crippen molar-refractivity contribution < 1.29 is 9.50 Å². The molecule has 1 N–H and O–H groups in total. The van der Waals surface area contributed by atoms with E-state index < -0.39 is 5.60 Å². The summed E-state index contributed by atoms with van der Waals surface area (Å²) >= 11 is 6.02. The Morgan fingerprint density at radius 3 is 2.44 bits per heavy atom. The van der Waals surface area contributed by atoms with E-state index in [0.717, 1.165) is 25.7 Å². The molecule has 0 saturated heterocycles. The second kappa shape index (κ2) is 3.44. The Morgan fingerprint density at radius 2 is 1.88 bits per heavy atom. The summed E-state index contributed by atoms with van der Waals surface area (Å²) in [5.41, 5.74) is -0.660. The standard InChI is InChI=1S/C13H14ClFO/c14-10-6-3-7-11(15)12(10)13(16)8-4-1-2-5-9(8)13/h3,6-9,16H,1-2,4-5H2. The summed E-state index contributed by atoms with van der Waals surface area (Å²) in [6, 6.07) is 4.61. The van der Waals surface area contributed by atoms with Crippen LogP contribution in [0.15, 0.2) is 18.2 Å². The lowest BCUT2D eigenvalue weighted by atomic mass is 10.0. The van der Waals surface area contributed by atoms with Gasteiger partial charge in [0.25, 0.3) is 0 Å². The quantitative estimate of drug-likeness (QED) is 0.797. The lowest BCUT2D eigenvalue weighted by Crippen LogP contribution is -2.13. The summed E-state index contributed by atoms with van der Waals surface area (Å²) in [6.45, 7) is 0. The van der Waals surface area contributed by atoms with Gasteiger partial charge in [-0.15, -0.1) is 0 Å². The maximum atomic E-state index is 13.8. The van der Waals surface area contributed by atoms with E-state index in [0.29, 0.717) is 10.6 Å². The molecule has 16 heavy (non-hydrogen) atoms. The van der Waals surface area contributed by atoms with Crippen molar-refractivity contribution in [2.24, 2.45) is 11.8 Å². The SMILES string of the molecule is OC1(c2c(F)cccc2Cl)C2CCCCC21. The molecule has 0 bridgehead atoms. The minimum absolute atomic E-state index is 0.218. The highest BCUT2D eigenvalue weighted by Crippen LogP contribution is 2.65. The maximum absolute atomic E-state index is 13.8. The number of benzene rings is 1. The first-order chi connectivity index (χ1) is 7.65. The molecule has 2 aliphatic rings. The highest BCUT2D eigenvalue weighted by atomic mass is 35.5. The van der Waals surface area contributed by atoms with E-state index in [1.807, 2.05) is 0 Å². The highest BCUT2D eigenvalue weighted by Gasteiger charge is 2.66. The molecular formula is C13H14ClFO. The van der Waals surface area contributed by atoms with Crippen LogP contribution in [0.2, 0.25) is 5.02 Å². The fourth-order valence-corrected chi connectivity index (χ4v) is 3.66. The number of halogens is 2. The fraction of sp³-hybridized carbons (Fsp3) is 0.538. The van der Waals surface area contributed by atoms with Gasteiger partial charge in [0.2, 0.25) is 0 Å². The predicted octanol–water partition coefficient (Wildman–Crippen LogP) is 3.49. The van der Waals surface area contributed by atoms with Gasteiger partial charge < -0.3 is 5.11 Å². The number of hydrogen-bond acceptors (Lipinski definition) is 1. The average molecular weight is 241 g/mol. The van der Waals surface area contributed by atoms with E-state index in [1.54, 1.807) is 12.1 Å². The Morgan fingerprint density at radius 1 is 1.25 bits per heavy atom. The topological polar surface area (TPSA) is 20.2 Å². The average Bonchev–Trinajstić information content (AvgIpc) is 2.86. The van der Waals surface area contributed by atoms with Crippen molar-refractivity contribution in [2.45, 2.75) is 31.3 Å². The molecule has 2 atom stereocenters. The second-order valence-electron chi connectivity index (χ2n) is 4.92. The molecule has 2 unspecified atom stereocenters. The third-order valence-corrected chi connectivity index (χ3v) is 4.47. The number of fused-ring (bicyclic) bond motifs is 1. The van der Waals surface area contributed by atoms with E-state index in [4.69, 9.17) is 11.6 Å². The Kier molecular flexibility index (Phi) is 2.27. The molecule has 2 saturated carbocycles. The molecule has 2 fully saturated rings. The minimum atomic E-state index is -0.987. The van der Waals surface area contributed by atoms with E-state index >= 15 is 0 Å². The van der Waals surface area contributed by atoms with E-state index in [2.05, 4.69) is 0 Å². The molecule has 3 rings (SSSR count). The molecule has 0 radical (unpaired) electrons. The van der Waals surface area contributed by atoms with Gasteiger partial charge in [-0.2, -0.15) is 0 Å². The normalized spacial score (nSPS) is 36.9. The van der Waals surface area contributed by atoms with Crippen LogP contribution in [0.5, 0.6) is 0 Å². The third-order valence-electron chi connectivity index (χ3n) is 4.15. The Balaban J connectivity index is 2.04. The molecule has 1 aromatic rings. The second-order valence-corrected chi connectivity index (χ2v) is 5.33. The zero-order valence-corrected chi connectivity index (χ0v) is 9.67. The van der Waals surface area contributed by atoms with E-state index in [9.17, 15) is 9.50 Å². The van der Waals surface area contributed by atoms with Crippen LogP contribution in [-0.2, 0) is 5.60 Å². The van der Waals surface area contributed by atoms with Crippen LogP contribution < -0.4 is 0 Å². The van der Waals surface area contributed by atoms with Crippen LogP contribution in [0, 0.1) is 17.7 Å². The van der Waals surface area contributed by atoms with Gasteiger partial charge in [-0.05, 0) is 36.8 Å². The summed E-state index contributed by atoms with van der Waals surface area (Å²) in [4.78, 5) is 0. The Labute approximate surface area is 99.2 Å². The molecule has 1 nitrogen and oxygen atoms in total. The fourth-order valence-electron chi connectivity index (χ4n) is 3.34. The first kappa shape index (κ1) is 10.5. The molecule has 1 aromatic carbocycles. The molecule has 0 heterocycles. The van der Waals surface area contributed by atoms with Crippen molar-refractivity contribution in [3.63, 3.8) is 0 Å². The summed E-state index contributed by atoms with van der Waals surface area (Å²) in [6.07, 6.45) is 4.25. The molecule has 86 valence electrons. The van der Waals surface area contributed by atoms with Crippen LogP contribution >= 0.6 is 11.6 Å². The van der Waals surface area contributed by atoms with Gasteiger partial charge in [0.15, 0.2) is 0 Å². The van der Waals surface area contributed by atoms with Crippen molar-refractivity contribution in [1.29, 1.82) is 0 Å². The van der Waals surface area contributed by atoms with E-state index in [-0.39, 0.29) is 17.7 Å². The Bertz CT molecular complexity index is 400. The molecule has 0 amide bonds. The third kappa shape index (κ3) is 1.26. The zero-order chi connectivity index (χ0) is 11.3. The highest BCUT2D eigenvalue weighted by molar-refractivity contribution is 6.31. The lowest BCUT2D eigenvalue weighted by Gasteiger charge is -2.14. The molecule has 0 aromatic heterocycles. The summed E-state index contributed by atoms with van der Waals surface area (Å²) < 4.78 is 13.8. The van der Waals surface area contributed by atoms with Crippen molar-refractivity contribution in [3.8, 4) is 0 Å². The van der Waals surface area contributed by atoms with Crippen molar-refractivity contribution in [3.05, 3.63) is 34.6 Å². The molecule has 0 spiro atoms. The smallest absolute Gasteiger partial charge is 0.130 e. The van der Waals surface area contributed by atoms with Crippen LogP contribution in [0.3, 0.4) is 0 Å². The van der Waals surface area contributed by atoms with Crippen LogP contribution in [-0.4, -0.2) is 5.11 Å². The van der Waals surface area contributed by atoms with Gasteiger partial charge in [0, 0.05) is 10.6 Å². The van der Waals surface area contributed by atoms with Crippen LogP contribution in [0.1, 0.15) is 31.2 Å². The van der Waals surface area contributed by atoms with Gasteiger partial charge >= 0.3 is 0 Å². The first-order valence-corrected chi connectivity index (χ1v) is 6.20. The van der Waals surface area contributed by atoms with Gasteiger partial charge in [0.1, 0.15) is 11.4 Å².